The Labute approximate surface area is 135 Å². The lowest BCUT2D eigenvalue weighted by atomic mass is 10.3. The van der Waals surface area contributed by atoms with Crippen molar-refractivity contribution in [2.75, 3.05) is 18.5 Å². The highest BCUT2D eigenvalue weighted by Crippen LogP contribution is 2.11. The lowest BCUT2D eigenvalue weighted by Crippen LogP contribution is -2.10. The van der Waals surface area contributed by atoms with Crippen LogP contribution in [0, 0.1) is 0 Å². The fraction of sp³-hybridized carbons (Fsp3) is 0.235. The van der Waals surface area contributed by atoms with Crippen molar-refractivity contribution in [3.05, 3.63) is 60.7 Å². The molecule has 0 aliphatic carbocycles. The van der Waals surface area contributed by atoms with Crippen LogP contribution in [-0.4, -0.2) is 33.4 Å². The summed E-state index contributed by atoms with van der Waals surface area (Å²) in [5.41, 5.74) is 0.937. The lowest BCUT2D eigenvalue weighted by molar-refractivity contribution is 0.308. The molecule has 0 bridgehead atoms. The summed E-state index contributed by atoms with van der Waals surface area (Å²) >= 11 is 0. The van der Waals surface area contributed by atoms with Gasteiger partial charge in [0.05, 0.1) is 12.3 Å². The Morgan fingerprint density at radius 1 is 0.913 bits per heavy atom. The maximum atomic E-state index is 5.66. The van der Waals surface area contributed by atoms with Crippen LogP contribution in [-0.2, 0) is 0 Å². The molecule has 1 heterocycles. The zero-order chi connectivity index (χ0) is 15.7. The Balaban J connectivity index is 1.41. The molecule has 0 atom stereocenters. The van der Waals surface area contributed by atoms with Crippen LogP contribution in [0.3, 0.4) is 0 Å². The number of benzene rings is 2. The third-order valence-corrected chi connectivity index (χ3v) is 3.34. The van der Waals surface area contributed by atoms with Crippen LogP contribution < -0.4 is 10.1 Å². The van der Waals surface area contributed by atoms with Gasteiger partial charge in [0, 0.05) is 6.54 Å². The zero-order valence-corrected chi connectivity index (χ0v) is 12.8. The maximum Gasteiger partial charge on any atom is 0.247 e. The van der Waals surface area contributed by atoms with Gasteiger partial charge in [0.25, 0.3) is 0 Å². The number of hydrogen-bond donors (Lipinski definition) is 1. The van der Waals surface area contributed by atoms with E-state index in [2.05, 4.69) is 20.8 Å². The number of hydrogen-bond acceptors (Lipinski definition) is 5. The Morgan fingerprint density at radius 3 is 2.43 bits per heavy atom. The predicted molar refractivity (Wildman–Crippen MR) is 88.8 cm³/mol. The minimum absolute atomic E-state index is 0.653. The predicted octanol–water partition coefficient (Wildman–Crippen LogP) is 2.93. The zero-order valence-electron chi connectivity index (χ0n) is 12.8. The normalized spacial score (nSPS) is 10.4. The molecule has 3 rings (SSSR count). The summed E-state index contributed by atoms with van der Waals surface area (Å²) < 4.78 is 7.36. The van der Waals surface area contributed by atoms with E-state index in [0.29, 0.717) is 12.6 Å². The molecule has 0 aliphatic rings. The number of anilines is 1. The Bertz CT molecular complexity index is 699. The average molecular weight is 309 g/mol. The van der Waals surface area contributed by atoms with Crippen molar-refractivity contribution < 1.29 is 4.74 Å². The summed E-state index contributed by atoms with van der Waals surface area (Å²) in [6.45, 7) is 1.50. The van der Waals surface area contributed by atoms with Crippen LogP contribution in [0.15, 0.2) is 60.7 Å². The first kappa shape index (κ1) is 15.0. The molecule has 0 spiro atoms. The van der Waals surface area contributed by atoms with Crippen LogP contribution >= 0.6 is 0 Å². The number of tetrazole rings is 1. The smallest absolute Gasteiger partial charge is 0.247 e. The monoisotopic (exact) mass is 309 g/mol. The SMILES string of the molecule is c1ccc(OCCCCNc2nnnn2-c2ccccc2)cc1. The molecule has 0 fully saturated rings. The Kier molecular flexibility index (Phi) is 5.18. The van der Waals surface area contributed by atoms with Gasteiger partial charge in [0.1, 0.15) is 5.75 Å². The van der Waals surface area contributed by atoms with Crippen molar-refractivity contribution in [3.63, 3.8) is 0 Å². The molecule has 6 nitrogen and oxygen atoms in total. The van der Waals surface area contributed by atoms with Gasteiger partial charge in [0.2, 0.25) is 5.95 Å². The van der Waals surface area contributed by atoms with Gasteiger partial charge in [-0.15, -0.1) is 0 Å². The quantitative estimate of drug-likeness (QED) is 0.648. The molecule has 118 valence electrons. The summed E-state index contributed by atoms with van der Waals surface area (Å²) in [5, 5.41) is 15.0. The van der Waals surface area contributed by atoms with Crippen molar-refractivity contribution in [3.8, 4) is 11.4 Å². The third-order valence-electron chi connectivity index (χ3n) is 3.34. The number of rotatable bonds is 8. The molecule has 2 aromatic carbocycles. The fourth-order valence-electron chi connectivity index (χ4n) is 2.17. The van der Waals surface area contributed by atoms with Crippen molar-refractivity contribution in [1.82, 2.24) is 20.2 Å². The summed E-state index contributed by atoms with van der Waals surface area (Å²) in [5.74, 6) is 1.56. The van der Waals surface area contributed by atoms with Gasteiger partial charge in [-0.1, -0.05) is 41.5 Å². The molecule has 1 N–H and O–H groups in total. The van der Waals surface area contributed by atoms with E-state index < -0.39 is 0 Å². The number of unbranched alkanes of at least 4 members (excludes halogenated alkanes) is 1. The maximum absolute atomic E-state index is 5.66. The largest absolute Gasteiger partial charge is 0.494 e. The molecule has 0 amide bonds. The van der Waals surface area contributed by atoms with Crippen LogP contribution in [0.1, 0.15) is 12.8 Å². The van der Waals surface area contributed by atoms with E-state index in [4.69, 9.17) is 4.74 Å². The molecule has 0 saturated carbocycles. The molecule has 23 heavy (non-hydrogen) atoms. The van der Waals surface area contributed by atoms with Gasteiger partial charge in [-0.3, -0.25) is 0 Å². The fourth-order valence-corrected chi connectivity index (χ4v) is 2.17. The van der Waals surface area contributed by atoms with Gasteiger partial charge in [-0.2, -0.15) is 4.68 Å². The standard InChI is InChI=1S/C17H19N5O/c1-3-9-15(10-4-1)22-17(19-20-21-22)18-13-7-8-14-23-16-11-5-2-6-12-16/h1-6,9-12H,7-8,13-14H2,(H,18,19,21). The molecule has 6 heteroatoms. The van der Waals surface area contributed by atoms with Gasteiger partial charge in [-0.25, -0.2) is 0 Å². The van der Waals surface area contributed by atoms with Crippen molar-refractivity contribution in [2.24, 2.45) is 0 Å². The van der Waals surface area contributed by atoms with Gasteiger partial charge in [-0.05, 0) is 47.5 Å². The summed E-state index contributed by atoms with van der Waals surface area (Å²) in [7, 11) is 0. The highest BCUT2D eigenvalue weighted by atomic mass is 16.5. The Hall–Kier alpha value is -2.89. The summed E-state index contributed by atoms with van der Waals surface area (Å²) in [4.78, 5) is 0. The first-order valence-corrected chi connectivity index (χ1v) is 7.69. The van der Waals surface area contributed by atoms with Gasteiger partial charge in [0.15, 0.2) is 0 Å². The van der Waals surface area contributed by atoms with E-state index in [1.54, 1.807) is 4.68 Å². The molecule has 0 unspecified atom stereocenters. The number of nitrogens with one attached hydrogen (secondary N) is 1. The number of nitrogens with zero attached hydrogens (tertiary/aromatic N) is 4. The number of para-hydroxylation sites is 2. The topological polar surface area (TPSA) is 64.9 Å². The van der Waals surface area contributed by atoms with E-state index in [1.807, 2.05) is 60.7 Å². The van der Waals surface area contributed by atoms with Crippen molar-refractivity contribution >= 4 is 5.95 Å². The van der Waals surface area contributed by atoms with Crippen molar-refractivity contribution in [2.45, 2.75) is 12.8 Å². The lowest BCUT2D eigenvalue weighted by Gasteiger charge is -2.08. The highest BCUT2D eigenvalue weighted by Gasteiger charge is 2.06. The average Bonchev–Trinajstić information content (AvgIpc) is 3.08. The molecule has 0 saturated heterocycles. The van der Waals surface area contributed by atoms with E-state index in [1.165, 1.54) is 0 Å². The second-order valence-corrected chi connectivity index (χ2v) is 5.05. The third kappa shape index (κ3) is 4.29. The minimum atomic E-state index is 0.653. The second kappa shape index (κ2) is 7.93. The van der Waals surface area contributed by atoms with E-state index >= 15 is 0 Å². The van der Waals surface area contributed by atoms with Crippen molar-refractivity contribution in [1.29, 1.82) is 0 Å². The molecule has 1 aromatic heterocycles. The van der Waals surface area contributed by atoms with E-state index in [9.17, 15) is 0 Å². The first-order valence-electron chi connectivity index (χ1n) is 7.69. The minimum Gasteiger partial charge on any atom is -0.494 e. The second-order valence-electron chi connectivity index (χ2n) is 5.05. The highest BCUT2D eigenvalue weighted by molar-refractivity contribution is 5.38. The molecular formula is C17H19N5O. The summed E-state index contributed by atoms with van der Waals surface area (Å²) in [6.07, 6.45) is 1.95. The Morgan fingerprint density at radius 2 is 1.65 bits per heavy atom. The van der Waals surface area contributed by atoms with Gasteiger partial charge < -0.3 is 10.1 Å². The van der Waals surface area contributed by atoms with Crippen LogP contribution in [0.2, 0.25) is 0 Å². The van der Waals surface area contributed by atoms with E-state index in [0.717, 1.165) is 30.8 Å². The molecule has 0 aliphatic heterocycles. The summed E-state index contributed by atoms with van der Waals surface area (Å²) in [6, 6.07) is 19.7. The van der Waals surface area contributed by atoms with Crippen LogP contribution in [0.25, 0.3) is 5.69 Å². The first-order chi connectivity index (χ1) is 11.4. The molecule has 3 aromatic rings. The van der Waals surface area contributed by atoms with Gasteiger partial charge >= 0.3 is 0 Å². The number of aromatic nitrogens is 4. The number of ether oxygens (including phenoxy) is 1. The van der Waals surface area contributed by atoms with Crippen LogP contribution in [0.4, 0.5) is 5.95 Å². The van der Waals surface area contributed by atoms with E-state index in [-0.39, 0.29) is 0 Å². The molecular weight excluding hydrogens is 290 g/mol. The molecule has 0 radical (unpaired) electrons. The van der Waals surface area contributed by atoms with Crippen LogP contribution in [0.5, 0.6) is 5.75 Å².